The summed E-state index contributed by atoms with van der Waals surface area (Å²) in [5, 5.41) is 12.5. The monoisotopic (exact) mass is 457 g/mol. The van der Waals surface area contributed by atoms with E-state index in [9.17, 15) is 14.9 Å². The summed E-state index contributed by atoms with van der Waals surface area (Å²) in [5.74, 6) is 0.610. The molecule has 1 saturated heterocycles. The summed E-state index contributed by atoms with van der Waals surface area (Å²) >= 11 is 0. The van der Waals surface area contributed by atoms with Gasteiger partial charge in [0.1, 0.15) is 28.9 Å². The molecule has 3 heterocycles. The average Bonchev–Trinajstić information content (AvgIpc) is 2.85. The summed E-state index contributed by atoms with van der Waals surface area (Å²) in [4.78, 5) is 33.2. The maximum absolute atomic E-state index is 13.5. The lowest BCUT2D eigenvalue weighted by Gasteiger charge is -2.29. The van der Waals surface area contributed by atoms with Gasteiger partial charge >= 0.3 is 0 Å². The fourth-order valence-corrected chi connectivity index (χ4v) is 4.07. The maximum Gasteiger partial charge on any atom is 0.267 e. The largest absolute Gasteiger partial charge is 0.494 e. The number of nitriles is 1. The Morgan fingerprint density at radius 2 is 1.94 bits per heavy atom. The zero-order valence-corrected chi connectivity index (χ0v) is 19.4. The Kier molecular flexibility index (Phi) is 6.93. The van der Waals surface area contributed by atoms with Crippen LogP contribution in [-0.2, 0) is 4.79 Å². The quantitative estimate of drug-likeness (QED) is 0.445. The van der Waals surface area contributed by atoms with Crippen LogP contribution in [-0.4, -0.2) is 35.0 Å². The summed E-state index contributed by atoms with van der Waals surface area (Å²) < 4.78 is 6.88. The molecule has 1 aliphatic heterocycles. The van der Waals surface area contributed by atoms with Gasteiger partial charge in [-0.15, -0.1) is 0 Å². The van der Waals surface area contributed by atoms with Gasteiger partial charge in [-0.05, 0) is 75.1 Å². The van der Waals surface area contributed by atoms with Crippen LogP contribution in [0.25, 0.3) is 11.7 Å². The Labute approximate surface area is 198 Å². The highest BCUT2D eigenvalue weighted by Crippen LogP contribution is 2.24. The number of carbonyl (C=O) groups is 1. The predicted molar refractivity (Wildman–Crippen MR) is 132 cm³/mol. The van der Waals surface area contributed by atoms with Crippen molar-refractivity contribution in [2.75, 3.05) is 29.9 Å². The third kappa shape index (κ3) is 4.79. The van der Waals surface area contributed by atoms with Gasteiger partial charge in [-0.3, -0.25) is 14.0 Å². The Bertz CT molecular complexity index is 1330. The van der Waals surface area contributed by atoms with Gasteiger partial charge < -0.3 is 15.0 Å². The van der Waals surface area contributed by atoms with Gasteiger partial charge in [0.05, 0.1) is 12.2 Å². The Morgan fingerprint density at radius 3 is 2.62 bits per heavy atom. The lowest BCUT2D eigenvalue weighted by molar-refractivity contribution is -0.112. The van der Waals surface area contributed by atoms with Crippen molar-refractivity contribution < 1.29 is 9.53 Å². The van der Waals surface area contributed by atoms with Crippen LogP contribution in [0.2, 0.25) is 0 Å². The van der Waals surface area contributed by atoms with Crippen molar-refractivity contribution in [1.29, 1.82) is 5.26 Å². The van der Waals surface area contributed by atoms with Crippen LogP contribution in [0, 0.1) is 18.3 Å². The molecule has 0 saturated carbocycles. The first-order chi connectivity index (χ1) is 16.5. The van der Waals surface area contributed by atoms with Gasteiger partial charge in [0.15, 0.2) is 0 Å². The van der Waals surface area contributed by atoms with Crippen LogP contribution in [0.3, 0.4) is 0 Å². The fourth-order valence-electron chi connectivity index (χ4n) is 4.07. The van der Waals surface area contributed by atoms with E-state index < -0.39 is 5.91 Å². The van der Waals surface area contributed by atoms with Gasteiger partial charge in [0, 0.05) is 25.0 Å². The Balaban J connectivity index is 1.75. The molecule has 174 valence electrons. The van der Waals surface area contributed by atoms with E-state index in [-0.39, 0.29) is 16.7 Å². The summed E-state index contributed by atoms with van der Waals surface area (Å²) in [6, 6.07) is 12.5. The van der Waals surface area contributed by atoms with Crippen LogP contribution in [0.1, 0.15) is 37.3 Å². The molecule has 1 amide bonds. The second-order valence-corrected chi connectivity index (χ2v) is 8.17. The van der Waals surface area contributed by atoms with E-state index in [1.165, 1.54) is 10.5 Å². The third-order valence-corrected chi connectivity index (χ3v) is 5.80. The number of nitrogens with zero attached hydrogens (tertiary/aromatic N) is 4. The van der Waals surface area contributed by atoms with Crippen LogP contribution in [0.4, 0.5) is 11.5 Å². The van der Waals surface area contributed by atoms with Crippen LogP contribution in [0.15, 0.2) is 53.0 Å². The molecular weight excluding hydrogens is 430 g/mol. The summed E-state index contributed by atoms with van der Waals surface area (Å²) in [6.07, 6.45) is 6.14. The zero-order chi connectivity index (χ0) is 24.1. The molecule has 0 radical (unpaired) electrons. The average molecular weight is 458 g/mol. The van der Waals surface area contributed by atoms with E-state index in [1.54, 1.807) is 36.5 Å². The van der Waals surface area contributed by atoms with E-state index >= 15 is 0 Å². The number of aromatic nitrogens is 2. The molecule has 1 N–H and O–H groups in total. The number of amides is 1. The standard InChI is InChI=1S/C26H27N5O3/c1-3-34-21-11-9-20(10-12-21)28-25(32)19(17-27)16-22-24(30-13-5-4-6-14-30)29-23-18(2)8-7-15-31(23)26(22)33/h7-12,15-16H,3-6,13-14H2,1-2H3,(H,28,32)/b19-16+. The first kappa shape index (κ1) is 23.1. The van der Waals surface area contributed by atoms with Crippen molar-refractivity contribution >= 4 is 29.1 Å². The van der Waals surface area contributed by atoms with E-state index in [0.717, 1.165) is 37.9 Å². The number of hydrogen-bond acceptors (Lipinski definition) is 6. The topological polar surface area (TPSA) is 99.7 Å². The first-order valence-corrected chi connectivity index (χ1v) is 11.4. The van der Waals surface area contributed by atoms with Crippen molar-refractivity contribution in [2.24, 2.45) is 0 Å². The molecule has 0 atom stereocenters. The number of hydrogen-bond donors (Lipinski definition) is 1. The van der Waals surface area contributed by atoms with Gasteiger partial charge in [-0.25, -0.2) is 4.98 Å². The van der Waals surface area contributed by atoms with Crippen LogP contribution >= 0.6 is 0 Å². The molecule has 0 aliphatic carbocycles. The highest BCUT2D eigenvalue weighted by atomic mass is 16.5. The Hall–Kier alpha value is -4.12. The minimum atomic E-state index is -0.593. The zero-order valence-electron chi connectivity index (χ0n) is 19.4. The first-order valence-electron chi connectivity index (χ1n) is 11.4. The Morgan fingerprint density at radius 1 is 1.21 bits per heavy atom. The molecule has 0 bridgehead atoms. The normalized spacial score (nSPS) is 14.0. The van der Waals surface area contributed by atoms with Gasteiger partial charge in [0.25, 0.3) is 11.5 Å². The number of nitrogens with one attached hydrogen (secondary N) is 1. The number of fused-ring (bicyclic) bond motifs is 1. The molecule has 1 aliphatic rings. The number of aryl methyl sites for hydroxylation is 1. The maximum atomic E-state index is 13.5. The van der Waals surface area contributed by atoms with Crippen LogP contribution in [0.5, 0.6) is 5.75 Å². The van der Waals surface area contributed by atoms with E-state index in [1.807, 2.05) is 26.0 Å². The number of carbonyl (C=O) groups excluding carboxylic acids is 1. The number of anilines is 2. The number of benzene rings is 1. The van der Waals surface area contributed by atoms with Crippen LogP contribution < -0.4 is 20.5 Å². The molecule has 34 heavy (non-hydrogen) atoms. The molecule has 8 nitrogen and oxygen atoms in total. The molecular formula is C26H27N5O3. The number of ether oxygens (including phenoxy) is 1. The molecule has 1 fully saturated rings. The van der Waals surface area contributed by atoms with Crippen molar-refractivity contribution in [2.45, 2.75) is 33.1 Å². The third-order valence-electron chi connectivity index (χ3n) is 5.80. The molecule has 0 unspecified atom stereocenters. The van der Waals surface area contributed by atoms with E-state index in [2.05, 4.69) is 10.2 Å². The summed E-state index contributed by atoms with van der Waals surface area (Å²) in [6.45, 7) is 5.89. The highest BCUT2D eigenvalue weighted by Gasteiger charge is 2.21. The van der Waals surface area contributed by atoms with Gasteiger partial charge in [-0.1, -0.05) is 6.07 Å². The highest BCUT2D eigenvalue weighted by molar-refractivity contribution is 6.10. The lowest BCUT2D eigenvalue weighted by atomic mass is 10.1. The molecule has 2 aromatic heterocycles. The summed E-state index contributed by atoms with van der Waals surface area (Å²) in [7, 11) is 0. The second kappa shape index (κ2) is 10.2. The fraction of sp³-hybridized carbons (Fsp3) is 0.308. The van der Waals surface area contributed by atoms with Crippen molar-refractivity contribution in [3.05, 3.63) is 69.6 Å². The molecule has 1 aromatic carbocycles. The predicted octanol–water partition coefficient (Wildman–Crippen LogP) is 3.94. The van der Waals surface area contributed by atoms with Crippen molar-refractivity contribution in [3.8, 4) is 11.8 Å². The van der Waals surface area contributed by atoms with E-state index in [0.29, 0.717) is 29.5 Å². The smallest absolute Gasteiger partial charge is 0.267 e. The number of rotatable bonds is 6. The van der Waals surface area contributed by atoms with Gasteiger partial charge in [0.2, 0.25) is 0 Å². The molecule has 0 spiro atoms. The number of piperidine rings is 1. The minimum Gasteiger partial charge on any atom is -0.494 e. The van der Waals surface area contributed by atoms with Crippen molar-refractivity contribution in [1.82, 2.24) is 9.38 Å². The lowest BCUT2D eigenvalue weighted by Crippen LogP contribution is -2.33. The van der Waals surface area contributed by atoms with Gasteiger partial charge in [-0.2, -0.15) is 5.26 Å². The SMILES string of the molecule is CCOc1ccc(NC(=O)/C(C#N)=C/c2c(N3CCCCC3)nc3c(C)cccn3c2=O)cc1. The van der Waals surface area contributed by atoms with E-state index in [4.69, 9.17) is 9.72 Å². The molecule has 3 aromatic rings. The molecule has 4 rings (SSSR count). The number of pyridine rings is 1. The van der Waals surface area contributed by atoms with Crippen molar-refractivity contribution in [3.63, 3.8) is 0 Å². The minimum absolute atomic E-state index is 0.168. The molecule has 8 heteroatoms. The second-order valence-electron chi connectivity index (χ2n) is 8.17. The summed E-state index contributed by atoms with van der Waals surface area (Å²) in [5.41, 5.74) is 1.73.